The van der Waals surface area contributed by atoms with Crippen molar-refractivity contribution in [2.75, 3.05) is 58.2 Å². The molecule has 3 saturated heterocycles. The monoisotopic (exact) mass is 767 g/mol. The third kappa shape index (κ3) is 10.6. The molecular formula is C39H51F6N5O4. The number of urea groups is 1. The summed E-state index contributed by atoms with van der Waals surface area (Å²) >= 11 is 0. The van der Waals surface area contributed by atoms with Crippen molar-refractivity contribution in [3.63, 3.8) is 0 Å². The van der Waals surface area contributed by atoms with E-state index in [2.05, 4.69) is 23.2 Å². The zero-order valence-corrected chi connectivity index (χ0v) is 31.1. The van der Waals surface area contributed by atoms with Crippen molar-refractivity contribution in [2.45, 2.75) is 89.7 Å². The van der Waals surface area contributed by atoms with E-state index in [1.54, 1.807) is 16.7 Å². The summed E-state index contributed by atoms with van der Waals surface area (Å²) in [6.07, 6.45) is -3.77. The number of anilines is 1. The van der Waals surface area contributed by atoms with Crippen LogP contribution in [0.4, 0.5) is 41.6 Å². The lowest BCUT2D eigenvalue weighted by Crippen LogP contribution is -2.50. The van der Waals surface area contributed by atoms with Gasteiger partial charge >= 0.3 is 24.5 Å². The fraction of sp³-hybridized carbons (Fsp3) is 0.615. The van der Waals surface area contributed by atoms with Crippen LogP contribution in [0, 0.1) is 11.8 Å². The van der Waals surface area contributed by atoms with Crippen LogP contribution in [-0.2, 0) is 34.7 Å². The Labute approximate surface area is 313 Å². The van der Waals surface area contributed by atoms with E-state index in [9.17, 15) is 40.7 Å². The Kier molecular flexibility index (Phi) is 13.4. The minimum absolute atomic E-state index is 0.0403. The Balaban J connectivity index is 0.000000222. The highest BCUT2D eigenvalue weighted by Crippen LogP contribution is 2.37. The van der Waals surface area contributed by atoms with Crippen molar-refractivity contribution in [2.24, 2.45) is 11.8 Å². The highest BCUT2D eigenvalue weighted by molar-refractivity contribution is 5.91. The van der Waals surface area contributed by atoms with Gasteiger partial charge in [0.2, 0.25) is 5.91 Å². The number of carbonyl (C=O) groups is 3. The molecule has 2 aromatic carbocycles. The number of benzene rings is 2. The van der Waals surface area contributed by atoms with Crippen molar-refractivity contribution in [1.29, 1.82) is 0 Å². The van der Waals surface area contributed by atoms with E-state index in [4.69, 9.17) is 4.74 Å². The largest absolute Gasteiger partial charge is 0.453 e. The summed E-state index contributed by atoms with van der Waals surface area (Å²) in [5.41, 5.74) is -0.755. The summed E-state index contributed by atoms with van der Waals surface area (Å²) in [6.45, 7) is 9.05. The number of nitrogens with zero attached hydrogens (tertiary/aromatic N) is 4. The molecule has 6 rings (SSSR count). The first kappa shape index (κ1) is 41.2. The number of likely N-dealkylation sites (tertiary alicyclic amines) is 3. The Morgan fingerprint density at radius 2 is 1.35 bits per heavy atom. The third-order valence-corrected chi connectivity index (χ3v) is 11.2. The highest BCUT2D eigenvalue weighted by atomic mass is 19.4. The smallest absolute Gasteiger partial charge is 0.416 e. The van der Waals surface area contributed by atoms with Gasteiger partial charge in [0.05, 0.1) is 18.2 Å². The maximum absolute atomic E-state index is 13.1. The average Bonchev–Trinajstić information content (AvgIpc) is 3.32. The van der Waals surface area contributed by atoms with Gasteiger partial charge in [0.1, 0.15) is 0 Å². The Morgan fingerprint density at radius 3 is 1.93 bits per heavy atom. The standard InChI is InChI=1S/C23H30F6N2O.C16H21N3O3/c1-15-3-7-30(8-4-15)20-5-9-31(10-6-20)21(32)16(2)11-17-12-18(22(24,25)26)14-19(13-17)23(27,28)29;1-22-16(21)18-9-7-13(8-10-18)19-11-6-12-4-2-3-5-14(12)17-15(19)20/h12-16,20H,3-11H2,1-2H3;2-5,13H,6-11H2,1H3,(H,17,20)/t16-;/m1./s1. The van der Waals surface area contributed by atoms with E-state index in [1.807, 2.05) is 23.1 Å². The second kappa shape index (κ2) is 17.6. The zero-order valence-electron chi connectivity index (χ0n) is 31.1. The van der Waals surface area contributed by atoms with Gasteiger partial charge in [0.15, 0.2) is 0 Å². The molecule has 4 heterocycles. The number of alkyl halides is 6. The lowest BCUT2D eigenvalue weighted by atomic mass is 9.93. The quantitative estimate of drug-likeness (QED) is 0.313. The molecule has 4 aliphatic heterocycles. The van der Waals surface area contributed by atoms with E-state index in [0.717, 1.165) is 56.8 Å². The van der Waals surface area contributed by atoms with Gasteiger partial charge in [-0.05, 0) is 106 Å². The fourth-order valence-corrected chi connectivity index (χ4v) is 7.96. The van der Waals surface area contributed by atoms with Gasteiger partial charge in [-0.15, -0.1) is 0 Å². The topological polar surface area (TPSA) is 85.4 Å². The number of hydrogen-bond acceptors (Lipinski definition) is 5. The number of carbonyl (C=O) groups excluding carboxylic acids is 3. The number of nitrogens with one attached hydrogen (secondary N) is 1. The van der Waals surface area contributed by atoms with Crippen LogP contribution in [0.25, 0.3) is 0 Å². The number of piperidine rings is 3. The molecule has 2 aromatic rings. The van der Waals surface area contributed by atoms with Crippen LogP contribution in [0.3, 0.4) is 0 Å². The molecule has 0 aromatic heterocycles. The number of hydrogen-bond donors (Lipinski definition) is 1. The predicted molar refractivity (Wildman–Crippen MR) is 192 cm³/mol. The molecule has 298 valence electrons. The molecule has 1 atom stereocenters. The van der Waals surface area contributed by atoms with E-state index in [0.29, 0.717) is 50.9 Å². The van der Waals surface area contributed by atoms with Gasteiger partial charge in [0, 0.05) is 56.4 Å². The van der Waals surface area contributed by atoms with E-state index in [1.165, 1.54) is 25.5 Å². The van der Waals surface area contributed by atoms with Crippen LogP contribution in [0.5, 0.6) is 0 Å². The summed E-state index contributed by atoms with van der Waals surface area (Å²) in [7, 11) is 1.40. The molecule has 4 aliphatic rings. The van der Waals surface area contributed by atoms with Crippen LogP contribution in [0.15, 0.2) is 42.5 Å². The number of halogens is 6. The van der Waals surface area contributed by atoms with Crippen LogP contribution in [-0.4, -0.2) is 103 Å². The van der Waals surface area contributed by atoms with Gasteiger partial charge in [-0.25, -0.2) is 9.59 Å². The van der Waals surface area contributed by atoms with E-state index in [-0.39, 0.29) is 42.1 Å². The van der Waals surface area contributed by atoms with Crippen molar-refractivity contribution in [3.8, 4) is 0 Å². The molecule has 0 radical (unpaired) electrons. The number of para-hydroxylation sites is 1. The Morgan fingerprint density at radius 1 is 0.796 bits per heavy atom. The molecule has 0 aliphatic carbocycles. The summed E-state index contributed by atoms with van der Waals surface area (Å²) < 4.78 is 83.3. The van der Waals surface area contributed by atoms with Gasteiger partial charge in [0.25, 0.3) is 0 Å². The minimum Gasteiger partial charge on any atom is -0.453 e. The molecule has 0 bridgehead atoms. The van der Waals surface area contributed by atoms with Crippen molar-refractivity contribution in [1.82, 2.24) is 19.6 Å². The Hall–Kier alpha value is -4.01. The van der Waals surface area contributed by atoms with Crippen molar-refractivity contribution in [3.05, 3.63) is 64.7 Å². The maximum atomic E-state index is 13.1. The van der Waals surface area contributed by atoms with Gasteiger partial charge in [-0.1, -0.05) is 32.0 Å². The first-order chi connectivity index (χ1) is 25.5. The summed E-state index contributed by atoms with van der Waals surface area (Å²) in [4.78, 5) is 44.6. The Bertz CT molecular complexity index is 1560. The minimum atomic E-state index is -4.89. The van der Waals surface area contributed by atoms with Gasteiger partial charge < -0.3 is 29.7 Å². The molecule has 0 spiro atoms. The van der Waals surface area contributed by atoms with E-state index >= 15 is 0 Å². The van der Waals surface area contributed by atoms with Crippen LogP contribution >= 0.6 is 0 Å². The first-order valence-corrected chi connectivity index (χ1v) is 18.8. The fourth-order valence-electron chi connectivity index (χ4n) is 7.96. The summed E-state index contributed by atoms with van der Waals surface area (Å²) in [5.74, 6) is -0.184. The predicted octanol–water partition coefficient (Wildman–Crippen LogP) is 7.93. The zero-order chi connectivity index (χ0) is 39.2. The lowest BCUT2D eigenvalue weighted by Gasteiger charge is -2.41. The summed E-state index contributed by atoms with van der Waals surface area (Å²) in [6, 6.07) is 10.0. The second-order valence-electron chi connectivity index (χ2n) is 15.0. The molecular weight excluding hydrogens is 716 g/mol. The van der Waals surface area contributed by atoms with Crippen LogP contribution in [0.1, 0.15) is 74.6 Å². The van der Waals surface area contributed by atoms with Gasteiger partial charge in [-0.3, -0.25) is 4.79 Å². The molecule has 9 nitrogen and oxygen atoms in total. The highest BCUT2D eigenvalue weighted by Gasteiger charge is 2.38. The summed E-state index contributed by atoms with van der Waals surface area (Å²) in [5, 5.41) is 3.00. The third-order valence-electron chi connectivity index (χ3n) is 11.2. The molecule has 0 unspecified atom stereocenters. The molecule has 15 heteroatoms. The van der Waals surface area contributed by atoms with Gasteiger partial charge in [-0.2, -0.15) is 26.3 Å². The molecule has 4 amide bonds. The van der Waals surface area contributed by atoms with E-state index < -0.39 is 29.4 Å². The van der Waals surface area contributed by atoms with Crippen LogP contribution < -0.4 is 5.32 Å². The number of ether oxygens (including phenoxy) is 1. The van der Waals surface area contributed by atoms with Crippen molar-refractivity contribution >= 4 is 23.7 Å². The van der Waals surface area contributed by atoms with Crippen molar-refractivity contribution < 1.29 is 45.5 Å². The normalized spacial score (nSPS) is 20.3. The molecule has 3 fully saturated rings. The molecule has 0 saturated carbocycles. The average molecular weight is 768 g/mol. The SMILES string of the molecule is CC1CCN(C2CCN(C(=O)[C@H](C)Cc3cc(C(F)(F)F)cc(C(F)(F)F)c3)CC2)CC1.COC(=O)N1CCC(N2CCc3ccccc3NC2=O)CC1. The maximum Gasteiger partial charge on any atom is 0.416 e. The lowest BCUT2D eigenvalue weighted by molar-refractivity contribution is -0.143. The second-order valence-corrected chi connectivity index (χ2v) is 15.0. The number of fused-ring (bicyclic) bond motifs is 1. The molecule has 1 N–H and O–H groups in total. The molecule has 54 heavy (non-hydrogen) atoms. The van der Waals surface area contributed by atoms with Crippen LogP contribution in [0.2, 0.25) is 0 Å². The number of amides is 4. The number of methoxy groups -OCH3 is 1. The number of rotatable bonds is 5. The first-order valence-electron chi connectivity index (χ1n) is 18.8.